The highest BCUT2D eigenvalue weighted by Gasteiger charge is 2.36. The summed E-state index contributed by atoms with van der Waals surface area (Å²) >= 11 is 0. The van der Waals surface area contributed by atoms with Gasteiger partial charge in [0.05, 0.1) is 11.7 Å². The molecular weight excluding hydrogens is 236 g/mol. The number of aliphatic hydroxyl groups is 1. The first-order valence-electron chi connectivity index (χ1n) is 5.42. The fraction of sp³-hybridized carbons (Fsp3) is 0.500. The van der Waals surface area contributed by atoms with Gasteiger partial charge < -0.3 is 5.11 Å². The van der Waals surface area contributed by atoms with E-state index >= 15 is 0 Å². The van der Waals surface area contributed by atoms with E-state index in [2.05, 4.69) is 0 Å². The SMILES string of the molecule is OC(CC1CC1)c1cc(F)ccc1C(F)(F)F. The van der Waals surface area contributed by atoms with Crippen LogP contribution in [-0.4, -0.2) is 5.11 Å². The molecule has 1 aliphatic carbocycles. The van der Waals surface area contributed by atoms with E-state index in [0.29, 0.717) is 6.07 Å². The number of halogens is 4. The summed E-state index contributed by atoms with van der Waals surface area (Å²) in [4.78, 5) is 0. The third-order valence-corrected chi connectivity index (χ3v) is 2.93. The summed E-state index contributed by atoms with van der Waals surface area (Å²) in [5.41, 5.74) is -1.31. The predicted octanol–water partition coefficient (Wildman–Crippen LogP) is 3.68. The van der Waals surface area contributed by atoms with Crippen molar-refractivity contribution >= 4 is 0 Å². The lowest BCUT2D eigenvalue weighted by molar-refractivity contribution is -0.139. The molecule has 1 atom stereocenters. The van der Waals surface area contributed by atoms with Crippen molar-refractivity contribution in [2.24, 2.45) is 5.92 Å². The van der Waals surface area contributed by atoms with E-state index in [0.717, 1.165) is 25.0 Å². The summed E-state index contributed by atoms with van der Waals surface area (Å²) in [5, 5.41) is 9.73. The second-order valence-electron chi connectivity index (χ2n) is 4.42. The summed E-state index contributed by atoms with van der Waals surface area (Å²) in [6.07, 6.45) is -3.68. The second kappa shape index (κ2) is 4.29. The lowest BCUT2D eigenvalue weighted by Crippen LogP contribution is -2.13. The molecule has 1 aliphatic rings. The number of hydrogen-bond acceptors (Lipinski definition) is 1. The third-order valence-electron chi connectivity index (χ3n) is 2.93. The highest BCUT2D eigenvalue weighted by molar-refractivity contribution is 5.32. The van der Waals surface area contributed by atoms with Gasteiger partial charge in [0, 0.05) is 0 Å². The van der Waals surface area contributed by atoms with Crippen LogP contribution in [-0.2, 0) is 6.18 Å². The molecule has 0 bridgehead atoms. The second-order valence-corrected chi connectivity index (χ2v) is 4.42. The zero-order valence-corrected chi connectivity index (χ0v) is 8.97. The Kier molecular flexibility index (Phi) is 3.12. The minimum atomic E-state index is -4.56. The fourth-order valence-electron chi connectivity index (χ4n) is 1.86. The molecule has 1 aromatic rings. The number of alkyl halides is 3. The molecule has 0 spiro atoms. The van der Waals surface area contributed by atoms with E-state index in [4.69, 9.17) is 0 Å². The Morgan fingerprint density at radius 2 is 1.94 bits per heavy atom. The molecule has 0 heterocycles. The van der Waals surface area contributed by atoms with E-state index in [1.54, 1.807) is 0 Å². The van der Waals surface area contributed by atoms with Crippen LogP contribution in [0.2, 0.25) is 0 Å². The summed E-state index contributed by atoms with van der Waals surface area (Å²) in [7, 11) is 0. The number of hydrogen-bond donors (Lipinski definition) is 1. The number of benzene rings is 1. The van der Waals surface area contributed by atoms with Gasteiger partial charge in [0.1, 0.15) is 5.82 Å². The molecule has 94 valence electrons. The largest absolute Gasteiger partial charge is 0.416 e. The Morgan fingerprint density at radius 1 is 1.29 bits per heavy atom. The summed E-state index contributed by atoms with van der Waals surface area (Å²) in [6, 6.07) is 2.22. The van der Waals surface area contributed by atoms with Gasteiger partial charge in [-0.15, -0.1) is 0 Å². The smallest absolute Gasteiger partial charge is 0.388 e. The standard InChI is InChI=1S/C12H12F4O/c13-8-3-4-10(12(14,15)16)9(6-8)11(17)5-7-1-2-7/h3-4,6-7,11,17H,1-2,5H2. The van der Waals surface area contributed by atoms with Gasteiger partial charge in [0.15, 0.2) is 0 Å². The maximum atomic E-state index is 13.0. The van der Waals surface area contributed by atoms with Crippen LogP contribution in [0.1, 0.15) is 36.5 Å². The molecule has 1 N–H and O–H groups in total. The van der Waals surface area contributed by atoms with Crippen molar-refractivity contribution in [2.45, 2.75) is 31.5 Å². The molecule has 0 saturated heterocycles. The lowest BCUT2D eigenvalue weighted by atomic mass is 9.98. The van der Waals surface area contributed by atoms with Gasteiger partial charge in [-0.3, -0.25) is 0 Å². The van der Waals surface area contributed by atoms with Gasteiger partial charge in [0.25, 0.3) is 0 Å². The zero-order chi connectivity index (χ0) is 12.6. The Balaban J connectivity index is 2.31. The van der Waals surface area contributed by atoms with Crippen molar-refractivity contribution < 1.29 is 22.7 Å². The van der Waals surface area contributed by atoms with Crippen LogP contribution in [0.4, 0.5) is 17.6 Å². The van der Waals surface area contributed by atoms with E-state index in [1.165, 1.54) is 0 Å². The van der Waals surface area contributed by atoms with E-state index in [9.17, 15) is 22.7 Å². The monoisotopic (exact) mass is 248 g/mol. The average molecular weight is 248 g/mol. The maximum Gasteiger partial charge on any atom is 0.416 e. The van der Waals surface area contributed by atoms with Crippen molar-refractivity contribution in [3.05, 3.63) is 35.1 Å². The fourth-order valence-corrected chi connectivity index (χ4v) is 1.86. The molecule has 1 saturated carbocycles. The summed E-state index contributed by atoms with van der Waals surface area (Å²) in [6.45, 7) is 0. The average Bonchev–Trinajstić information content (AvgIpc) is 2.99. The molecule has 0 aromatic heterocycles. The molecule has 1 fully saturated rings. The van der Waals surface area contributed by atoms with Gasteiger partial charge in [-0.25, -0.2) is 4.39 Å². The molecule has 1 aromatic carbocycles. The normalized spacial score (nSPS) is 18.2. The van der Waals surface area contributed by atoms with Gasteiger partial charge >= 0.3 is 6.18 Å². The Bertz CT molecular complexity index is 409. The minimum absolute atomic E-state index is 0.270. The van der Waals surface area contributed by atoms with Crippen LogP contribution in [0.25, 0.3) is 0 Å². The van der Waals surface area contributed by atoms with E-state index in [1.807, 2.05) is 0 Å². The van der Waals surface area contributed by atoms with Crippen LogP contribution < -0.4 is 0 Å². The molecule has 1 unspecified atom stereocenters. The van der Waals surface area contributed by atoms with Gasteiger partial charge in [-0.05, 0) is 36.1 Å². The summed E-state index contributed by atoms with van der Waals surface area (Å²) < 4.78 is 51.0. The Labute approximate surface area is 96.1 Å². The summed E-state index contributed by atoms with van der Waals surface area (Å²) in [5.74, 6) is -0.489. The van der Waals surface area contributed by atoms with Crippen LogP contribution in [0.3, 0.4) is 0 Å². The molecular formula is C12H12F4O. The van der Waals surface area contributed by atoms with Crippen molar-refractivity contribution in [1.82, 2.24) is 0 Å². The lowest BCUT2D eigenvalue weighted by Gasteiger charge is -2.17. The van der Waals surface area contributed by atoms with Gasteiger partial charge in [0.2, 0.25) is 0 Å². The zero-order valence-electron chi connectivity index (χ0n) is 8.97. The van der Waals surface area contributed by atoms with Crippen LogP contribution in [0, 0.1) is 11.7 Å². The molecule has 5 heteroatoms. The third kappa shape index (κ3) is 2.97. The van der Waals surface area contributed by atoms with Crippen molar-refractivity contribution in [1.29, 1.82) is 0 Å². The van der Waals surface area contributed by atoms with Gasteiger partial charge in [-0.2, -0.15) is 13.2 Å². The number of rotatable bonds is 3. The molecule has 0 radical (unpaired) electrons. The minimum Gasteiger partial charge on any atom is -0.388 e. The Morgan fingerprint density at radius 3 is 2.47 bits per heavy atom. The Hall–Kier alpha value is -1.10. The van der Waals surface area contributed by atoms with Crippen molar-refractivity contribution in [3.8, 4) is 0 Å². The molecule has 17 heavy (non-hydrogen) atoms. The van der Waals surface area contributed by atoms with E-state index in [-0.39, 0.29) is 17.9 Å². The first-order valence-corrected chi connectivity index (χ1v) is 5.42. The highest BCUT2D eigenvalue weighted by Crippen LogP contribution is 2.41. The first-order chi connectivity index (χ1) is 7.88. The number of aliphatic hydroxyl groups excluding tert-OH is 1. The van der Waals surface area contributed by atoms with Crippen LogP contribution in [0.5, 0.6) is 0 Å². The molecule has 1 nitrogen and oxygen atoms in total. The highest BCUT2D eigenvalue weighted by atomic mass is 19.4. The van der Waals surface area contributed by atoms with Crippen LogP contribution >= 0.6 is 0 Å². The van der Waals surface area contributed by atoms with Gasteiger partial charge in [-0.1, -0.05) is 12.8 Å². The van der Waals surface area contributed by atoms with E-state index < -0.39 is 23.7 Å². The van der Waals surface area contributed by atoms with Crippen LogP contribution in [0.15, 0.2) is 18.2 Å². The molecule has 2 rings (SSSR count). The van der Waals surface area contributed by atoms with Crippen molar-refractivity contribution in [2.75, 3.05) is 0 Å². The topological polar surface area (TPSA) is 20.2 Å². The first kappa shape index (κ1) is 12.4. The maximum absolute atomic E-state index is 13.0. The predicted molar refractivity (Wildman–Crippen MR) is 53.7 cm³/mol. The molecule has 0 amide bonds. The van der Waals surface area contributed by atoms with Crippen molar-refractivity contribution in [3.63, 3.8) is 0 Å². The molecule has 0 aliphatic heterocycles. The quantitative estimate of drug-likeness (QED) is 0.809.